The lowest BCUT2D eigenvalue weighted by Gasteiger charge is -2.22. The Labute approximate surface area is 59.3 Å². The van der Waals surface area contributed by atoms with Gasteiger partial charge in [0.2, 0.25) is 0 Å². The first kappa shape index (κ1) is 9.78. The van der Waals surface area contributed by atoms with Crippen molar-refractivity contribution in [2.75, 3.05) is 6.61 Å². The molecule has 0 aromatic heterocycles. The van der Waals surface area contributed by atoms with Crippen LogP contribution < -0.4 is 5.73 Å². The zero-order chi connectivity index (χ0) is 8.20. The highest BCUT2D eigenvalue weighted by Gasteiger charge is 2.17. The molecule has 2 N–H and O–H groups in total. The van der Waals surface area contributed by atoms with Gasteiger partial charge in [0.1, 0.15) is 12.3 Å². The van der Waals surface area contributed by atoms with Crippen molar-refractivity contribution >= 4 is 0 Å². The molecule has 0 saturated carbocycles. The monoisotopic (exact) mass is 153 g/mol. The Hall–Kier alpha value is -0.220. The molecule has 0 spiro atoms. The van der Waals surface area contributed by atoms with Crippen LogP contribution in [0.4, 0.5) is 8.78 Å². The number of nitrogens with two attached hydrogens (primary N) is 1. The van der Waals surface area contributed by atoms with Crippen LogP contribution in [0.1, 0.15) is 20.3 Å². The number of rotatable bonds is 4. The van der Waals surface area contributed by atoms with Crippen molar-refractivity contribution in [3.63, 3.8) is 0 Å². The molecule has 0 aromatic rings. The highest BCUT2D eigenvalue weighted by Crippen LogP contribution is 2.08. The minimum absolute atomic E-state index is 0.528. The van der Waals surface area contributed by atoms with Crippen molar-refractivity contribution in [3.8, 4) is 0 Å². The number of hydrogen-bond donors (Lipinski definition) is 1. The Morgan fingerprint density at radius 3 is 2.40 bits per heavy atom. The normalized spacial score (nSPS) is 17.4. The van der Waals surface area contributed by atoms with E-state index in [9.17, 15) is 8.78 Å². The SMILES string of the molecule is CC[C@@](C)(N)OCC(F)F. The zero-order valence-corrected chi connectivity index (χ0v) is 6.23. The summed E-state index contributed by atoms with van der Waals surface area (Å²) in [6, 6.07) is 0. The van der Waals surface area contributed by atoms with E-state index in [1.807, 2.05) is 0 Å². The molecule has 0 aliphatic carbocycles. The fraction of sp³-hybridized carbons (Fsp3) is 1.00. The Morgan fingerprint density at radius 1 is 1.60 bits per heavy atom. The second kappa shape index (κ2) is 3.83. The minimum atomic E-state index is -2.44. The molecule has 0 aromatic carbocycles. The van der Waals surface area contributed by atoms with Crippen LogP contribution >= 0.6 is 0 Å². The predicted octanol–water partition coefficient (Wildman–Crippen LogP) is 1.35. The van der Waals surface area contributed by atoms with Gasteiger partial charge in [0.15, 0.2) is 0 Å². The third-order valence-corrected chi connectivity index (χ3v) is 1.24. The maximum absolute atomic E-state index is 11.5. The van der Waals surface area contributed by atoms with Gasteiger partial charge in [0, 0.05) is 0 Å². The Bertz CT molecular complexity index is 95.7. The van der Waals surface area contributed by atoms with Gasteiger partial charge in [-0.15, -0.1) is 0 Å². The topological polar surface area (TPSA) is 35.2 Å². The molecule has 0 saturated heterocycles. The summed E-state index contributed by atoms with van der Waals surface area (Å²) < 4.78 is 27.7. The zero-order valence-electron chi connectivity index (χ0n) is 6.23. The summed E-state index contributed by atoms with van der Waals surface area (Å²) in [5.74, 6) is 0. The van der Waals surface area contributed by atoms with Gasteiger partial charge in [-0.3, -0.25) is 0 Å². The van der Waals surface area contributed by atoms with Crippen molar-refractivity contribution in [2.45, 2.75) is 32.4 Å². The fourth-order valence-corrected chi connectivity index (χ4v) is 0.355. The van der Waals surface area contributed by atoms with Gasteiger partial charge in [0.05, 0.1) is 0 Å². The summed E-state index contributed by atoms with van der Waals surface area (Å²) in [5.41, 5.74) is 4.50. The van der Waals surface area contributed by atoms with E-state index in [2.05, 4.69) is 4.74 Å². The lowest BCUT2D eigenvalue weighted by Crippen LogP contribution is -2.39. The summed E-state index contributed by atoms with van der Waals surface area (Å²) >= 11 is 0. The molecule has 1 atom stereocenters. The number of ether oxygens (including phenoxy) is 1. The summed E-state index contributed by atoms with van der Waals surface area (Å²) in [4.78, 5) is 0. The number of halogens is 2. The van der Waals surface area contributed by atoms with Gasteiger partial charge in [-0.2, -0.15) is 0 Å². The van der Waals surface area contributed by atoms with E-state index >= 15 is 0 Å². The molecule has 2 nitrogen and oxygen atoms in total. The smallest absolute Gasteiger partial charge is 0.261 e. The van der Waals surface area contributed by atoms with Gasteiger partial charge in [-0.1, -0.05) is 6.92 Å². The fourth-order valence-electron chi connectivity index (χ4n) is 0.355. The largest absolute Gasteiger partial charge is 0.355 e. The summed E-state index contributed by atoms with van der Waals surface area (Å²) in [7, 11) is 0. The second-order valence-electron chi connectivity index (χ2n) is 2.37. The predicted molar refractivity (Wildman–Crippen MR) is 34.8 cm³/mol. The standard InChI is InChI=1S/C6H13F2NO/c1-3-6(2,9)10-4-5(7)8/h5H,3-4,9H2,1-2H3/t6-/m0/s1. The lowest BCUT2D eigenvalue weighted by atomic mass is 10.2. The van der Waals surface area contributed by atoms with Crippen LogP contribution in [0.3, 0.4) is 0 Å². The molecule has 0 unspecified atom stereocenters. The third-order valence-electron chi connectivity index (χ3n) is 1.24. The van der Waals surface area contributed by atoms with Crippen LogP contribution in [0.2, 0.25) is 0 Å². The molecular weight excluding hydrogens is 140 g/mol. The molecule has 0 rings (SSSR count). The maximum atomic E-state index is 11.5. The molecule has 0 radical (unpaired) electrons. The van der Waals surface area contributed by atoms with E-state index in [1.54, 1.807) is 13.8 Å². The van der Waals surface area contributed by atoms with Crippen molar-refractivity contribution in [3.05, 3.63) is 0 Å². The van der Waals surface area contributed by atoms with Crippen LogP contribution in [0.5, 0.6) is 0 Å². The van der Waals surface area contributed by atoms with E-state index < -0.39 is 18.8 Å². The van der Waals surface area contributed by atoms with E-state index in [0.717, 1.165) is 0 Å². The van der Waals surface area contributed by atoms with Gasteiger partial charge in [-0.25, -0.2) is 8.78 Å². The molecular formula is C6H13F2NO. The third kappa shape index (κ3) is 4.64. The van der Waals surface area contributed by atoms with Crippen molar-refractivity contribution in [1.29, 1.82) is 0 Å². The summed E-state index contributed by atoms with van der Waals surface area (Å²) in [5, 5.41) is 0. The first-order valence-electron chi connectivity index (χ1n) is 3.19. The first-order valence-corrected chi connectivity index (χ1v) is 3.19. The van der Waals surface area contributed by atoms with E-state index in [-0.39, 0.29) is 0 Å². The summed E-state index contributed by atoms with van der Waals surface area (Å²) in [6.45, 7) is 2.78. The quantitative estimate of drug-likeness (QED) is 0.619. The second-order valence-corrected chi connectivity index (χ2v) is 2.37. The van der Waals surface area contributed by atoms with Gasteiger partial charge in [-0.05, 0) is 13.3 Å². The Kier molecular flexibility index (Phi) is 3.75. The van der Waals surface area contributed by atoms with Gasteiger partial charge in [0.25, 0.3) is 6.43 Å². The average molecular weight is 153 g/mol. The Morgan fingerprint density at radius 2 is 2.10 bits per heavy atom. The van der Waals surface area contributed by atoms with Crippen molar-refractivity contribution < 1.29 is 13.5 Å². The van der Waals surface area contributed by atoms with E-state index in [4.69, 9.17) is 5.73 Å². The van der Waals surface area contributed by atoms with E-state index in [1.165, 1.54) is 0 Å². The average Bonchev–Trinajstić information content (AvgIpc) is 1.85. The molecule has 4 heteroatoms. The molecule has 0 aliphatic heterocycles. The summed E-state index contributed by atoms with van der Waals surface area (Å²) in [6.07, 6.45) is -1.91. The molecule has 0 aliphatic rings. The molecule has 0 bridgehead atoms. The minimum Gasteiger partial charge on any atom is -0.355 e. The van der Waals surface area contributed by atoms with Crippen LogP contribution in [0.25, 0.3) is 0 Å². The van der Waals surface area contributed by atoms with Gasteiger partial charge < -0.3 is 10.5 Å². The molecule has 0 fully saturated rings. The Balaban J connectivity index is 3.46. The highest BCUT2D eigenvalue weighted by molar-refractivity contribution is 4.62. The van der Waals surface area contributed by atoms with Gasteiger partial charge >= 0.3 is 0 Å². The number of hydrogen-bond acceptors (Lipinski definition) is 2. The highest BCUT2D eigenvalue weighted by atomic mass is 19.3. The molecule has 0 heterocycles. The number of alkyl halides is 2. The molecule has 62 valence electrons. The molecule has 0 amide bonds. The van der Waals surface area contributed by atoms with Crippen LogP contribution in [-0.2, 0) is 4.74 Å². The lowest BCUT2D eigenvalue weighted by molar-refractivity contribution is -0.0781. The van der Waals surface area contributed by atoms with Crippen LogP contribution in [-0.4, -0.2) is 18.8 Å². The van der Waals surface area contributed by atoms with Crippen LogP contribution in [0.15, 0.2) is 0 Å². The van der Waals surface area contributed by atoms with E-state index in [0.29, 0.717) is 6.42 Å². The maximum Gasteiger partial charge on any atom is 0.261 e. The van der Waals surface area contributed by atoms with Crippen LogP contribution in [0, 0.1) is 0 Å². The molecule has 10 heavy (non-hydrogen) atoms. The van der Waals surface area contributed by atoms with Crippen molar-refractivity contribution in [2.24, 2.45) is 5.73 Å². The first-order chi connectivity index (χ1) is 4.48. The van der Waals surface area contributed by atoms with Crippen molar-refractivity contribution in [1.82, 2.24) is 0 Å².